The van der Waals surface area contributed by atoms with Crippen molar-refractivity contribution in [3.63, 3.8) is 0 Å². The van der Waals surface area contributed by atoms with Crippen LogP contribution < -0.4 is 10.6 Å². The minimum Gasteiger partial charge on any atom is -0.389 e. The molecule has 3 fully saturated rings. The molecule has 0 radical (unpaired) electrons. The zero-order valence-electron chi connectivity index (χ0n) is 14.4. The molecule has 3 aliphatic rings. The van der Waals surface area contributed by atoms with Crippen LogP contribution in [0.15, 0.2) is 0 Å². The van der Waals surface area contributed by atoms with Crippen LogP contribution in [-0.2, 0) is 0 Å². The van der Waals surface area contributed by atoms with Crippen molar-refractivity contribution in [2.45, 2.75) is 95.0 Å². The van der Waals surface area contributed by atoms with Crippen molar-refractivity contribution in [1.29, 1.82) is 0 Å². The van der Waals surface area contributed by atoms with Crippen molar-refractivity contribution in [2.24, 2.45) is 11.8 Å². The largest absolute Gasteiger partial charge is 0.389 e. The Kier molecular flexibility index (Phi) is 4.59. The van der Waals surface area contributed by atoms with E-state index in [9.17, 15) is 10.2 Å². The monoisotopic (exact) mass is 310 g/mol. The van der Waals surface area contributed by atoms with E-state index in [4.69, 9.17) is 0 Å². The lowest BCUT2D eigenvalue weighted by atomic mass is 9.80. The fraction of sp³-hybridized carbons (Fsp3) is 1.00. The molecular weight excluding hydrogens is 276 g/mol. The van der Waals surface area contributed by atoms with E-state index >= 15 is 0 Å². The molecule has 3 rings (SSSR count). The van der Waals surface area contributed by atoms with Crippen LogP contribution in [0.4, 0.5) is 0 Å². The predicted octanol–water partition coefficient (Wildman–Crippen LogP) is 1.80. The van der Waals surface area contributed by atoms with Gasteiger partial charge in [-0.2, -0.15) is 0 Å². The fourth-order valence-corrected chi connectivity index (χ4v) is 5.08. The molecule has 6 atom stereocenters. The van der Waals surface area contributed by atoms with Crippen LogP contribution in [0.25, 0.3) is 0 Å². The lowest BCUT2D eigenvalue weighted by molar-refractivity contribution is -0.0295. The topological polar surface area (TPSA) is 64.5 Å². The normalized spacial score (nSPS) is 42.7. The molecule has 4 heteroatoms. The maximum absolute atomic E-state index is 11.0. The smallest absolute Gasteiger partial charge is 0.0800 e. The van der Waals surface area contributed by atoms with Gasteiger partial charge in [0.1, 0.15) is 0 Å². The highest BCUT2D eigenvalue weighted by molar-refractivity contribution is 5.02. The molecule has 4 nitrogen and oxygen atoms in total. The standard InChI is InChI=1S/C18H34N2O2/c1-17(2,21)15-9-8-14(20-15)12-6-7-13(11-12)18(3,22)16-5-4-10-19-16/h12-16,19-22H,4-11H2,1-3H3/t12?,13?,14?,15-,16-,18?/m0/s1. The molecule has 0 spiro atoms. The molecule has 0 aromatic heterocycles. The Morgan fingerprint density at radius 2 is 1.68 bits per heavy atom. The van der Waals surface area contributed by atoms with Crippen LogP contribution in [0, 0.1) is 11.8 Å². The van der Waals surface area contributed by atoms with Crippen molar-refractivity contribution in [3.8, 4) is 0 Å². The zero-order chi connectivity index (χ0) is 16.0. The Hall–Kier alpha value is -0.160. The molecule has 0 bridgehead atoms. The molecule has 1 saturated carbocycles. The van der Waals surface area contributed by atoms with Crippen molar-refractivity contribution < 1.29 is 10.2 Å². The van der Waals surface area contributed by atoms with Gasteiger partial charge in [0, 0.05) is 18.1 Å². The number of hydrogen-bond acceptors (Lipinski definition) is 4. The number of rotatable bonds is 4. The average Bonchev–Trinajstić information content (AvgIpc) is 3.18. The average molecular weight is 310 g/mol. The first-order valence-electron chi connectivity index (χ1n) is 9.22. The van der Waals surface area contributed by atoms with Gasteiger partial charge in [0.05, 0.1) is 11.2 Å². The van der Waals surface area contributed by atoms with Gasteiger partial charge < -0.3 is 20.8 Å². The third kappa shape index (κ3) is 3.21. The molecule has 0 aromatic rings. The van der Waals surface area contributed by atoms with Crippen molar-refractivity contribution in [3.05, 3.63) is 0 Å². The summed E-state index contributed by atoms with van der Waals surface area (Å²) in [6.45, 7) is 6.90. The number of hydrogen-bond donors (Lipinski definition) is 4. The highest BCUT2D eigenvalue weighted by Gasteiger charge is 2.46. The summed E-state index contributed by atoms with van der Waals surface area (Å²) in [5, 5.41) is 28.4. The van der Waals surface area contributed by atoms with E-state index < -0.39 is 11.2 Å². The molecule has 128 valence electrons. The van der Waals surface area contributed by atoms with Crippen LogP contribution in [0.5, 0.6) is 0 Å². The zero-order valence-corrected chi connectivity index (χ0v) is 14.4. The van der Waals surface area contributed by atoms with Crippen molar-refractivity contribution >= 4 is 0 Å². The predicted molar refractivity (Wildman–Crippen MR) is 88.7 cm³/mol. The second kappa shape index (κ2) is 6.04. The molecule has 4 N–H and O–H groups in total. The van der Waals surface area contributed by atoms with Gasteiger partial charge in [-0.25, -0.2) is 0 Å². The minimum atomic E-state index is -0.633. The number of aliphatic hydroxyl groups is 2. The van der Waals surface area contributed by atoms with Gasteiger partial charge in [0.15, 0.2) is 0 Å². The van der Waals surface area contributed by atoms with Crippen LogP contribution in [0.3, 0.4) is 0 Å². The minimum absolute atomic E-state index is 0.216. The van der Waals surface area contributed by atoms with E-state index in [0.29, 0.717) is 17.9 Å². The Balaban J connectivity index is 1.56. The van der Waals surface area contributed by atoms with Crippen LogP contribution >= 0.6 is 0 Å². The van der Waals surface area contributed by atoms with E-state index in [1.54, 1.807) is 0 Å². The van der Waals surface area contributed by atoms with E-state index in [0.717, 1.165) is 38.6 Å². The number of nitrogens with one attached hydrogen (secondary N) is 2. The Morgan fingerprint density at radius 3 is 2.27 bits per heavy atom. The first-order chi connectivity index (χ1) is 10.3. The Morgan fingerprint density at radius 1 is 0.909 bits per heavy atom. The fourth-order valence-electron chi connectivity index (χ4n) is 5.08. The molecule has 0 amide bonds. The summed E-state index contributed by atoms with van der Waals surface area (Å²) >= 11 is 0. The van der Waals surface area contributed by atoms with E-state index in [1.165, 1.54) is 12.8 Å². The maximum Gasteiger partial charge on any atom is 0.0800 e. The van der Waals surface area contributed by atoms with Crippen molar-refractivity contribution in [2.75, 3.05) is 6.54 Å². The van der Waals surface area contributed by atoms with Crippen molar-refractivity contribution in [1.82, 2.24) is 10.6 Å². The summed E-state index contributed by atoms with van der Waals surface area (Å²) in [6, 6.07) is 1.01. The lowest BCUT2D eigenvalue weighted by Gasteiger charge is -2.36. The second-order valence-electron chi connectivity index (χ2n) is 8.70. The Labute approximate surface area is 135 Å². The lowest BCUT2D eigenvalue weighted by Crippen LogP contribution is -2.50. The first-order valence-corrected chi connectivity index (χ1v) is 9.22. The quantitative estimate of drug-likeness (QED) is 0.639. The molecule has 22 heavy (non-hydrogen) atoms. The van der Waals surface area contributed by atoms with Gasteiger partial charge in [0.25, 0.3) is 0 Å². The summed E-state index contributed by atoms with van der Waals surface area (Å²) in [6.07, 6.45) is 8.00. The van der Waals surface area contributed by atoms with Gasteiger partial charge in [0.2, 0.25) is 0 Å². The van der Waals surface area contributed by atoms with Gasteiger partial charge in [-0.3, -0.25) is 0 Å². The first kappa shape index (κ1) is 16.7. The third-order valence-electron chi connectivity index (χ3n) is 6.67. The molecular formula is C18H34N2O2. The van der Waals surface area contributed by atoms with Gasteiger partial charge in [-0.15, -0.1) is 0 Å². The molecule has 2 heterocycles. The Bertz CT molecular complexity index is 385. The molecule has 1 aliphatic carbocycles. The summed E-state index contributed by atoms with van der Waals surface area (Å²) in [5.74, 6) is 1.07. The molecule has 4 unspecified atom stereocenters. The van der Waals surface area contributed by atoms with Gasteiger partial charge >= 0.3 is 0 Å². The van der Waals surface area contributed by atoms with E-state index in [1.807, 2.05) is 20.8 Å². The third-order valence-corrected chi connectivity index (χ3v) is 6.67. The van der Waals surface area contributed by atoms with Gasteiger partial charge in [-0.05, 0) is 84.1 Å². The SMILES string of the molecule is CC(C)(O)[C@@H]1CCC(C2CCC(C(C)(O)[C@@H]3CCCN3)C2)N1. The van der Waals surface area contributed by atoms with Crippen LogP contribution in [-0.4, -0.2) is 46.1 Å². The molecule has 0 aromatic carbocycles. The molecule has 2 aliphatic heterocycles. The summed E-state index contributed by atoms with van der Waals surface area (Å²) < 4.78 is 0. The highest BCUT2D eigenvalue weighted by atomic mass is 16.3. The molecule has 2 saturated heterocycles. The van der Waals surface area contributed by atoms with Gasteiger partial charge in [-0.1, -0.05) is 0 Å². The van der Waals surface area contributed by atoms with Crippen LogP contribution in [0.1, 0.15) is 65.7 Å². The van der Waals surface area contributed by atoms with E-state index in [-0.39, 0.29) is 12.1 Å². The summed E-state index contributed by atoms with van der Waals surface area (Å²) in [4.78, 5) is 0. The maximum atomic E-state index is 11.0. The summed E-state index contributed by atoms with van der Waals surface area (Å²) in [5.41, 5.74) is -1.20. The summed E-state index contributed by atoms with van der Waals surface area (Å²) in [7, 11) is 0. The second-order valence-corrected chi connectivity index (χ2v) is 8.70. The van der Waals surface area contributed by atoms with E-state index in [2.05, 4.69) is 10.6 Å². The highest BCUT2D eigenvalue weighted by Crippen LogP contribution is 2.44. The van der Waals surface area contributed by atoms with Crippen LogP contribution in [0.2, 0.25) is 0 Å².